The second-order valence-corrected chi connectivity index (χ2v) is 6.36. The lowest BCUT2D eigenvalue weighted by Crippen LogP contribution is -2.60. The van der Waals surface area contributed by atoms with Crippen molar-refractivity contribution in [3.05, 3.63) is 0 Å². The van der Waals surface area contributed by atoms with Crippen LogP contribution in [0.25, 0.3) is 0 Å². The Bertz CT molecular complexity index is 390. The molecule has 2 fully saturated rings. The van der Waals surface area contributed by atoms with Gasteiger partial charge in [-0.1, -0.05) is 13.8 Å². The molecule has 21 heavy (non-hydrogen) atoms. The number of rotatable bonds is 5. The molecule has 2 rings (SSSR count). The van der Waals surface area contributed by atoms with E-state index in [-0.39, 0.29) is 11.8 Å². The van der Waals surface area contributed by atoms with E-state index in [0.29, 0.717) is 25.8 Å². The number of amides is 1. The van der Waals surface area contributed by atoms with E-state index in [0.717, 1.165) is 0 Å². The number of ether oxygens (including phenoxy) is 1. The third kappa shape index (κ3) is 2.93. The smallest absolute Gasteiger partial charge is 0.223 e. The van der Waals surface area contributed by atoms with E-state index in [9.17, 15) is 25.2 Å². The molecule has 7 nitrogen and oxygen atoms in total. The summed E-state index contributed by atoms with van der Waals surface area (Å²) in [5.41, 5.74) is 0. The zero-order valence-electron chi connectivity index (χ0n) is 12.5. The Kier molecular flexibility index (Phi) is 4.89. The first kappa shape index (κ1) is 16.6. The van der Waals surface area contributed by atoms with E-state index in [2.05, 4.69) is 0 Å². The van der Waals surface area contributed by atoms with Gasteiger partial charge < -0.3 is 30.1 Å². The van der Waals surface area contributed by atoms with Crippen LogP contribution in [-0.2, 0) is 9.53 Å². The second-order valence-electron chi connectivity index (χ2n) is 6.36. The number of hydrogen-bond acceptors (Lipinski definition) is 6. The fourth-order valence-electron chi connectivity index (χ4n) is 3.22. The topological polar surface area (TPSA) is 110 Å². The van der Waals surface area contributed by atoms with Gasteiger partial charge in [-0.05, 0) is 18.8 Å². The fraction of sp³-hybridized carbons (Fsp3) is 0.929. The van der Waals surface area contributed by atoms with E-state index in [1.807, 2.05) is 13.8 Å². The summed E-state index contributed by atoms with van der Waals surface area (Å²) in [5, 5.41) is 40.0. The van der Waals surface area contributed by atoms with Crippen molar-refractivity contribution in [1.29, 1.82) is 0 Å². The molecule has 5 unspecified atom stereocenters. The van der Waals surface area contributed by atoms with Crippen molar-refractivity contribution in [2.75, 3.05) is 13.2 Å². The van der Waals surface area contributed by atoms with Gasteiger partial charge in [-0.2, -0.15) is 0 Å². The molecule has 0 aromatic carbocycles. The first-order chi connectivity index (χ1) is 9.81. The number of aliphatic hydroxyl groups excluding tert-OH is 3. The van der Waals surface area contributed by atoms with Crippen molar-refractivity contribution < 1.29 is 30.0 Å². The number of aliphatic hydroxyl groups is 4. The molecule has 2 aliphatic rings. The van der Waals surface area contributed by atoms with Crippen molar-refractivity contribution in [3.8, 4) is 0 Å². The molecule has 0 spiro atoms. The van der Waals surface area contributed by atoms with Crippen LogP contribution in [0.1, 0.15) is 33.1 Å². The summed E-state index contributed by atoms with van der Waals surface area (Å²) in [5.74, 6) is -1.99. The van der Waals surface area contributed by atoms with Crippen molar-refractivity contribution in [2.45, 2.75) is 63.3 Å². The van der Waals surface area contributed by atoms with Gasteiger partial charge in [0.15, 0.2) is 0 Å². The molecule has 2 aliphatic heterocycles. The highest BCUT2D eigenvalue weighted by atomic mass is 16.7. The Hall–Kier alpha value is -0.730. The molecular weight excluding hydrogens is 278 g/mol. The Morgan fingerprint density at radius 2 is 2.10 bits per heavy atom. The highest BCUT2D eigenvalue weighted by Gasteiger charge is 2.59. The minimum absolute atomic E-state index is 0.0909. The summed E-state index contributed by atoms with van der Waals surface area (Å²) in [6.45, 7) is 3.87. The summed E-state index contributed by atoms with van der Waals surface area (Å²) in [7, 11) is 0. The van der Waals surface area contributed by atoms with Crippen LogP contribution in [0.4, 0.5) is 0 Å². The molecule has 0 saturated carbocycles. The molecule has 0 aliphatic carbocycles. The van der Waals surface area contributed by atoms with E-state index >= 15 is 0 Å². The average Bonchev–Trinajstić information content (AvgIpc) is 2.94. The summed E-state index contributed by atoms with van der Waals surface area (Å²) in [6.07, 6.45) is -2.46. The van der Waals surface area contributed by atoms with Crippen LogP contribution < -0.4 is 0 Å². The van der Waals surface area contributed by atoms with E-state index in [1.165, 1.54) is 4.90 Å². The van der Waals surface area contributed by atoms with Gasteiger partial charge in [-0.15, -0.1) is 0 Å². The van der Waals surface area contributed by atoms with Crippen molar-refractivity contribution in [1.82, 2.24) is 4.90 Å². The fourth-order valence-corrected chi connectivity index (χ4v) is 3.22. The third-order valence-electron chi connectivity index (χ3n) is 4.31. The number of likely N-dealkylation sites (tertiary alicyclic amines) is 1. The standard InChI is InChI=1S/C14H25NO6/c1-8(2)6-10(15-5-3-4-11(15)17)14(20)13(19)12(18)9(7-16)21-14/h8-10,12-13,16,18-20H,3-7H2,1-2H3. The number of carbonyl (C=O) groups excluding carboxylic acids is 1. The van der Waals surface area contributed by atoms with Crippen molar-refractivity contribution in [3.63, 3.8) is 0 Å². The molecule has 7 heteroatoms. The number of carbonyl (C=O) groups is 1. The normalized spacial score (nSPS) is 38.5. The summed E-state index contributed by atoms with van der Waals surface area (Å²) in [4.78, 5) is 13.5. The van der Waals surface area contributed by atoms with Gasteiger partial charge in [-0.25, -0.2) is 0 Å². The number of nitrogens with zero attached hydrogens (tertiary/aromatic N) is 1. The molecule has 122 valence electrons. The summed E-state index contributed by atoms with van der Waals surface area (Å²) < 4.78 is 5.36. The lowest BCUT2D eigenvalue weighted by atomic mass is 9.90. The van der Waals surface area contributed by atoms with Crippen LogP contribution in [0.2, 0.25) is 0 Å². The lowest BCUT2D eigenvalue weighted by Gasteiger charge is -2.40. The summed E-state index contributed by atoms with van der Waals surface area (Å²) in [6, 6.07) is -0.742. The van der Waals surface area contributed by atoms with Crippen LogP contribution in [0.15, 0.2) is 0 Å². The van der Waals surface area contributed by atoms with Crippen molar-refractivity contribution >= 4 is 5.91 Å². The minimum Gasteiger partial charge on any atom is -0.394 e. The maximum atomic E-state index is 12.0. The molecule has 0 aromatic heterocycles. The minimum atomic E-state index is -2.06. The van der Waals surface area contributed by atoms with Crippen LogP contribution in [0.3, 0.4) is 0 Å². The lowest BCUT2D eigenvalue weighted by molar-refractivity contribution is -0.263. The molecule has 1 amide bonds. The predicted octanol–water partition coefficient (Wildman–Crippen LogP) is -1.17. The Morgan fingerprint density at radius 3 is 2.52 bits per heavy atom. The second kappa shape index (κ2) is 6.18. The molecule has 0 radical (unpaired) electrons. The van der Waals surface area contributed by atoms with Gasteiger partial charge in [-0.3, -0.25) is 4.79 Å². The van der Waals surface area contributed by atoms with Gasteiger partial charge in [0.25, 0.3) is 0 Å². The average molecular weight is 303 g/mol. The molecule has 5 atom stereocenters. The molecule has 4 N–H and O–H groups in total. The van der Waals surface area contributed by atoms with Gasteiger partial charge in [0, 0.05) is 13.0 Å². The Labute approximate surface area is 124 Å². The van der Waals surface area contributed by atoms with Crippen LogP contribution in [0, 0.1) is 5.92 Å². The van der Waals surface area contributed by atoms with Crippen molar-refractivity contribution in [2.24, 2.45) is 5.92 Å². The predicted molar refractivity (Wildman–Crippen MR) is 73.1 cm³/mol. The molecular formula is C14H25NO6. The first-order valence-electron chi connectivity index (χ1n) is 7.48. The van der Waals surface area contributed by atoms with Gasteiger partial charge in [0.2, 0.25) is 11.7 Å². The van der Waals surface area contributed by atoms with Crippen LogP contribution in [0.5, 0.6) is 0 Å². The highest BCUT2D eigenvalue weighted by Crippen LogP contribution is 2.38. The third-order valence-corrected chi connectivity index (χ3v) is 4.31. The van der Waals surface area contributed by atoms with Gasteiger partial charge in [0.1, 0.15) is 18.3 Å². The zero-order valence-corrected chi connectivity index (χ0v) is 12.5. The maximum absolute atomic E-state index is 12.0. The largest absolute Gasteiger partial charge is 0.394 e. The molecule has 0 aromatic rings. The number of hydrogen-bond donors (Lipinski definition) is 4. The molecule has 2 heterocycles. The highest BCUT2D eigenvalue weighted by molar-refractivity contribution is 5.78. The monoisotopic (exact) mass is 303 g/mol. The van der Waals surface area contributed by atoms with E-state index < -0.39 is 36.7 Å². The van der Waals surface area contributed by atoms with Gasteiger partial charge in [0.05, 0.1) is 12.6 Å². The molecule has 2 saturated heterocycles. The van der Waals surface area contributed by atoms with Crippen LogP contribution in [-0.4, -0.2) is 74.5 Å². The molecule has 0 bridgehead atoms. The van der Waals surface area contributed by atoms with E-state index in [4.69, 9.17) is 4.74 Å². The maximum Gasteiger partial charge on any atom is 0.223 e. The van der Waals surface area contributed by atoms with Crippen LogP contribution >= 0.6 is 0 Å². The SMILES string of the molecule is CC(C)CC(N1CCCC1=O)C1(O)OC(CO)C(O)C1O. The first-order valence-corrected chi connectivity index (χ1v) is 7.48. The zero-order chi connectivity index (χ0) is 15.8. The Morgan fingerprint density at radius 1 is 1.43 bits per heavy atom. The quantitative estimate of drug-likeness (QED) is 0.509. The van der Waals surface area contributed by atoms with Gasteiger partial charge >= 0.3 is 0 Å². The van der Waals surface area contributed by atoms with E-state index in [1.54, 1.807) is 0 Å². The summed E-state index contributed by atoms with van der Waals surface area (Å²) >= 11 is 0. The Balaban J connectivity index is 2.29.